The molecule has 0 aromatic heterocycles. The van der Waals surface area contributed by atoms with Gasteiger partial charge in [0, 0.05) is 16.6 Å². The van der Waals surface area contributed by atoms with Crippen LogP contribution in [0.1, 0.15) is 31.2 Å². The highest BCUT2D eigenvalue weighted by atomic mass is 79.9. The summed E-state index contributed by atoms with van der Waals surface area (Å²) in [4.78, 5) is 0. The lowest BCUT2D eigenvalue weighted by molar-refractivity contribution is 0.00917. The quantitative estimate of drug-likeness (QED) is 0.924. The second-order valence-corrected chi connectivity index (χ2v) is 6.08. The summed E-state index contributed by atoms with van der Waals surface area (Å²) in [6.07, 6.45) is 5.50. The molecule has 2 saturated heterocycles. The van der Waals surface area contributed by atoms with E-state index in [0.717, 1.165) is 11.1 Å². The second kappa shape index (κ2) is 5.09. The number of hydrogen-bond donors (Lipinski definition) is 1. The fraction of sp³-hybridized carbons (Fsp3) is 0.571. The molecule has 3 rings (SSSR count). The van der Waals surface area contributed by atoms with E-state index in [1.165, 1.54) is 31.2 Å². The molecular formula is C14H18BrNO. The molecule has 2 aliphatic heterocycles. The lowest BCUT2D eigenvalue weighted by Crippen LogP contribution is -2.41. The molecule has 1 aromatic rings. The van der Waals surface area contributed by atoms with Gasteiger partial charge < -0.3 is 10.1 Å². The van der Waals surface area contributed by atoms with Gasteiger partial charge in [-0.15, -0.1) is 0 Å². The first-order chi connectivity index (χ1) is 8.29. The number of ether oxygens (including phenoxy) is 1. The predicted octanol–water partition coefficient (Wildman–Crippen LogP) is 3.25. The Labute approximate surface area is 111 Å². The molecule has 2 aliphatic rings. The molecule has 2 unspecified atom stereocenters. The fourth-order valence-electron chi connectivity index (χ4n) is 2.94. The van der Waals surface area contributed by atoms with Crippen LogP contribution in [0, 0.1) is 0 Å². The molecular weight excluding hydrogens is 278 g/mol. The fourth-order valence-corrected chi connectivity index (χ4v) is 3.20. The van der Waals surface area contributed by atoms with Crippen molar-refractivity contribution in [3.8, 4) is 0 Å². The molecule has 2 atom stereocenters. The predicted molar refractivity (Wildman–Crippen MR) is 71.9 cm³/mol. The molecule has 0 aliphatic carbocycles. The monoisotopic (exact) mass is 295 g/mol. The van der Waals surface area contributed by atoms with E-state index in [1.54, 1.807) is 0 Å². The molecule has 2 nitrogen and oxygen atoms in total. The zero-order valence-electron chi connectivity index (χ0n) is 9.86. The minimum atomic E-state index is 0.456. The minimum Gasteiger partial charge on any atom is -0.373 e. The van der Waals surface area contributed by atoms with Crippen molar-refractivity contribution in [2.24, 2.45) is 0 Å². The number of piperidine rings is 1. The van der Waals surface area contributed by atoms with Crippen LogP contribution in [0.3, 0.4) is 0 Å². The van der Waals surface area contributed by atoms with Gasteiger partial charge in [0.05, 0.1) is 12.7 Å². The van der Waals surface area contributed by atoms with Gasteiger partial charge in [-0.1, -0.05) is 28.1 Å². The van der Waals surface area contributed by atoms with Crippen LogP contribution < -0.4 is 5.32 Å². The Kier molecular flexibility index (Phi) is 3.50. The van der Waals surface area contributed by atoms with Gasteiger partial charge in [0.25, 0.3) is 0 Å². The number of nitrogens with one attached hydrogen (secondary N) is 1. The van der Waals surface area contributed by atoms with Crippen molar-refractivity contribution in [3.05, 3.63) is 34.3 Å². The van der Waals surface area contributed by atoms with E-state index in [2.05, 4.69) is 45.5 Å². The summed E-state index contributed by atoms with van der Waals surface area (Å²) >= 11 is 3.45. The van der Waals surface area contributed by atoms with E-state index in [-0.39, 0.29) is 0 Å². The molecule has 2 fully saturated rings. The summed E-state index contributed by atoms with van der Waals surface area (Å²) in [7, 11) is 0. The van der Waals surface area contributed by atoms with Gasteiger partial charge in [0.1, 0.15) is 0 Å². The minimum absolute atomic E-state index is 0.456. The highest BCUT2D eigenvalue weighted by molar-refractivity contribution is 9.10. The summed E-state index contributed by atoms with van der Waals surface area (Å²) in [6, 6.07) is 9.82. The summed E-state index contributed by atoms with van der Waals surface area (Å²) in [5.41, 5.74) is 1.26. The first kappa shape index (κ1) is 11.7. The van der Waals surface area contributed by atoms with Gasteiger partial charge in [-0.3, -0.25) is 0 Å². The van der Waals surface area contributed by atoms with Crippen molar-refractivity contribution in [1.29, 1.82) is 0 Å². The van der Waals surface area contributed by atoms with Gasteiger partial charge in [-0.05, 0) is 43.4 Å². The van der Waals surface area contributed by atoms with Crippen LogP contribution in [0.25, 0.3) is 0 Å². The highest BCUT2D eigenvalue weighted by Crippen LogP contribution is 2.29. The Balaban J connectivity index is 1.52. The van der Waals surface area contributed by atoms with Crippen LogP contribution in [-0.4, -0.2) is 18.2 Å². The summed E-state index contributed by atoms with van der Waals surface area (Å²) < 4.78 is 7.16. The number of benzene rings is 1. The third kappa shape index (κ3) is 2.90. The smallest absolute Gasteiger partial charge is 0.0720 e. The van der Waals surface area contributed by atoms with E-state index >= 15 is 0 Å². The van der Waals surface area contributed by atoms with Crippen LogP contribution in [-0.2, 0) is 11.3 Å². The molecule has 0 radical (unpaired) electrons. The van der Waals surface area contributed by atoms with Gasteiger partial charge in [-0.2, -0.15) is 0 Å². The third-order valence-electron chi connectivity index (χ3n) is 3.83. The van der Waals surface area contributed by atoms with Crippen LogP contribution in [0.15, 0.2) is 28.7 Å². The molecule has 1 aromatic carbocycles. The lowest BCUT2D eigenvalue weighted by Gasteiger charge is -2.29. The van der Waals surface area contributed by atoms with Crippen LogP contribution >= 0.6 is 15.9 Å². The standard InChI is InChI=1S/C14H18BrNO/c15-11-3-1-10(2-4-11)9-17-14-7-12-5-6-13(8-14)16-12/h1-4,12-14,16H,5-9H2. The topological polar surface area (TPSA) is 21.3 Å². The van der Waals surface area contributed by atoms with E-state index in [4.69, 9.17) is 4.74 Å². The van der Waals surface area contributed by atoms with Gasteiger partial charge in [-0.25, -0.2) is 0 Å². The summed E-state index contributed by atoms with van der Waals surface area (Å²) in [5.74, 6) is 0. The van der Waals surface area contributed by atoms with Gasteiger partial charge in [0.2, 0.25) is 0 Å². The highest BCUT2D eigenvalue weighted by Gasteiger charge is 2.33. The molecule has 2 heterocycles. The van der Waals surface area contributed by atoms with Crippen LogP contribution in [0.5, 0.6) is 0 Å². The first-order valence-corrected chi connectivity index (χ1v) is 7.21. The van der Waals surface area contributed by atoms with Gasteiger partial charge >= 0.3 is 0 Å². The molecule has 1 N–H and O–H groups in total. The molecule has 3 heteroatoms. The maximum atomic E-state index is 6.03. The zero-order valence-corrected chi connectivity index (χ0v) is 11.4. The van der Waals surface area contributed by atoms with Crippen LogP contribution in [0.2, 0.25) is 0 Å². The Morgan fingerprint density at radius 2 is 1.76 bits per heavy atom. The van der Waals surface area contributed by atoms with Gasteiger partial charge in [0.15, 0.2) is 0 Å². The number of hydrogen-bond acceptors (Lipinski definition) is 2. The first-order valence-electron chi connectivity index (χ1n) is 6.42. The summed E-state index contributed by atoms with van der Waals surface area (Å²) in [5, 5.41) is 3.64. The lowest BCUT2D eigenvalue weighted by atomic mass is 10.0. The van der Waals surface area contributed by atoms with Crippen molar-refractivity contribution >= 4 is 15.9 Å². The Morgan fingerprint density at radius 3 is 2.41 bits per heavy atom. The van der Waals surface area contributed by atoms with Crippen molar-refractivity contribution < 1.29 is 4.74 Å². The largest absolute Gasteiger partial charge is 0.373 e. The number of halogens is 1. The second-order valence-electron chi connectivity index (χ2n) is 5.17. The average molecular weight is 296 g/mol. The number of rotatable bonds is 3. The maximum absolute atomic E-state index is 6.03. The molecule has 92 valence electrons. The average Bonchev–Trinajstić information content (AvgIpc) is 2.68. The molecule has 2 bridgehead atoms. The number of fused-ring (bicyclic) bond motifs is 2. The van der Waals surface area contributed by atoms with Crippen molar-refractivity contribution in [1.82, 2.24) is 5.32 Å². The summed E-state index contributed by atoms with van der Waals surface area (Å²) in [6.45, 7) is 0.747. The van der Waals surface area contributed by atoms with E-state index in [9.17, 15) is 0 Å². The molecule has 0 saturated carbocycles. The molecule has 0 amide bonds. The Morgan fingerprint density at radius 1 is 1.12 bits per heavy atom. The maximum Gasteiger partial charge on any atom is 0.0720 e. The Hall–Kier alpha value is -0.380. The van der Waals surface area contributed by atoms with Crippen LogP contribution in [0.4, 0.5) is 0 Å². The van der Waals surface area contributed by atoms with Crippen molar-refractivity contribution in [3.63, 3.8) is 0 Å². The van der Waals surface area contributed by atoms with Crippen molar-refractivity contribution in [2.75, 3.05) is 0 Å². The zero-order chi connectivity index (χ0) is 11.7. The van der Waals surface area contributed by atoms with E-state index in [0.29, 0.717) is 18.2 Å². The SMILES string of the molecule is Brc1ccc(COC2CC3CCC(C2)N3)cc1. The molecule has 17 heavy (non-hydrogen) atoms. The van der Waals surface area contributed by atoms with E-state index < -0.39 is 0 Å². The van der Waals surface area contributed by atoms with Crippen molar-refractivity contribution in [2.45, 2.75) is 50.5 Å². The third-order valence-corrected chi connectivity index (χ3v) is 4.36. The molecule has 0 spiro atoms. The Bertz CT molecular complexity index is 366. The van der Waals surface area contributed by atoms with E-state index in [1.807, 2.05) is 0 Å². The normalized spacial score (nSPS) is 31.7.